The Balaban J connectivity index is 2.60. The predicted molar refractivity (Wildman–Crippen MR) is 118 cm³/mol. The highest BCUT2D eigenvalue weighted by molar-refractivity contribution is 5.81. The zero-order valence-corrected chi connectivity index (χ0v) is 20.1. The maximum atomic E-state index is 13.1. The Bertz CT molecular complexity index is 737. The van der Waals surface area contributed by atoms with E-state index in [2.05, 4.69) is 25.7 Å². The Morgan fingerprint density at radius 2 is 1.62 bits per heavy atom. The van der Waals surface area contributed by atoms with Gasteiger partial charge in [0, 0.05) is 35.7 Å². The van der Waals surface area contributed by atoms with Gasteiger partial charge < -0.3 is 14.4 Å². The lowest BCUT2D eigenvalue weighted by atomic mass is 9.82. The molecule has 5 nitrogen and oxygen atoms in total. The SMILES string of the molecule is Cc1nc(C)c([C@H](OC(C)(C)C)C(=O)OC(C)C)c(N2CCC(C)(C)CC2)c1C. The number of hydrogen-bond donors (Lipinski definition) is 0. The van der Waals surface area contributed by atoms with Crippen LogP contribution in [-0.4, -0.2) is 35.7 Å². The van der Waals surface area contributed by atoms with Gasteiger partial charge in [0.05, 0.1) is 11.7 Å². The number of carbonyl (C=O) groups is 1. The van der Waals surface area contributed by atoms with Crippen LogP contribution in [0.3, 0.4) is 0 Å². The number of pyridine rings is 1. The number of anilines is 1. The molecular formula is C24H40N2O3. The molecule has 0 aromatic carbocycles. The second kappa shape index (κ2) is 8.63. The van der Waals surface area contributed by atoms with Crippen LogP contribution in [0.15, 0.2) is 0 Å². The van der Waals surface area contributed by atoms with Crippen molar-refractivity contribution < 1.29 is 14.3 Å². The van der Waals surface area contributed by atoms with Crippen LogP contribution in [0.25, 0.3) is 0 Å². The van der Waals surface area contributed by atoms with Crippen molar-refractivity contribution in [3.05, 3.63) is 22.5 Å². The molecule has 2 rings (SSSR count). The molecule has 1 saturated heterocycles. The molecule has 0 radical (unpaired) electrons. The monoisotopic (exact) mass is 404 g/mol. The van der Waals surface area contributed by atoms with Crippen molar-refractivity contribution in [2.45, 2.75) is 99.9 Å². The first-order valence-corrected chi connectivity index (χ1v) is 10.8. The highest BCUT2D eigenvalue weighted by atomic mass is 16.6. The van der Waals surface area contributed by atoms with Crippen molar-refractivity contribution in [2.24, 2.45) is 5.41 Å². The quantitative estimate of drug-likeness (QED) is 0.612. The van der Waals surface area contributed by atoms with Gasteiger partial charge in [-0.3, -0.25) is 4.98 Å². The molecule has 0 spiro atoms. The first-order valence-electron chi connectivity index (χ1n) is 10.8. The van der Waals surface area contributed by atoms with Gasteiger partial charge in [-0.25, -0.2) is 4.79 Å². The summed E-state index contributed by atoms with van der Waals surface area (Å²) < 4.78 is 11.9. The van der Waals surface area contributed by atoms with Crippen molar-refractivity contribution >= 4 is 11.7 Å². The van der Waals surface area contributed by atoms with E-state index in [9.17, 15) is 4.79 Å². The molecular weight excluding hydrogens is 364 g/mol. The molecule has 164 valence electrons. The summed E-state index contributed by atoms with van der Waals surface area (Å²) in [5, 5.41) is 0. The maximum absolute atomic E-state index is 13.1. The molecule has 0 bridgehead atoms. The number of ether oxygens (including phenoxy) is 2. The smallest absolute Gasteiger partial charge is 0.340 e. The summed E-state index contributed by atoms with van der Waals surface area (Å²) in [7, 11) is 0. The first kappa shape index (κ1) is 23.7. The Hall–Kier alpha value is -1.62. The third-order valence-corrected chi connectivity index (χ3v) is 5.61. The fourth-order valence-electron chi connectivity index (χ4n) is 3.87. The van der Waals surface area contributed by atoms with Crippen LogP contribution in [0.1, 0.15) is 89.9 Å². The van der Waals surface area contributed by atoms with Gasteiger partial charge in [0.15, 0.2) is 6.10 Å². The molecule has 1 aliphatic heterocycles. The minimum Gasteiger partial charge on any atom is -0.461 e. The van der Waals surface area contributed by atoms with Gasteiger partial charge in [0.1, 0.15) is 0 Å². The van der Waals surface area contributed by atoms with E-state index in [4.69, 9.17) is 14.5 Å². The summed E-state index contributed by atoms with van der Waals surface area (Å²) >= 11 is 0. The summed E-state index contributed by atoms with van der Waals surface area (Å²) in [6, 6.07) is 0. The van der Waals surface area contributed by atoms with E-state index < -0.39 is 11.7 Å². The molecule has 1 aliphatic rings. The molecule has 1 aromatic heterocycles. The van der Waals surface area contributed by atoms with Crippen molar-refractivity contribution in [1.82, 2.24) is 4.98 Å². The Morgan fingerprint density at radius 1 is 1.07 bits per heavy atom. The van der Waals surface area contributed by atoms with E-state index in [1.54, 1.807) is 0 Å². The van der Waals surface area contributed by atoms with E-state index in [-0.39, 0.29) is 12.1 Å². The van der Waals surface area contributed by atoms with Gasteiger partial charge in [-0.15, -0.1) is 0 Å². The minimum absolute atomic E-state index is 0.201. The van der Waals surface area contributed by atoms with Crippen LogP contribution < -0.4 is 4.90 Å². The number of carbonyl (C=O) groups excluding carboxylic acids is 1. The molecule has 1 fully saturated rings. The Morgan fingerprint density at radius 3 is 2.10 bits per heavy atom. The molecule has 1 atom stereocenters. The average molecular weight is 405 g/mol. The largest absolute Gasteiger partial charge is 0.461 e. The topological polar surface area (TPSA) is 51.7 Å². The van der Waals surface area contributed by atoms with Crippen molar-refractivity contribution in [1.29, 1.82) is 0 Å². The fourth-order valence-corrected chi connectivity index (χ4v) is 3.87. The lowest BCUT2D eigenvalue weighted by Gasteiger charge is -2.41. The van der Waals surface area contributed by atoms with E-state index in [0.29, 0.717) is 5.41 Å². The number of aromatic nitrogens is 1. The molecule has 0 N–H and O–H groups in total. The van der Waals surface area contributed by atoms with Crippen LogP contribution in [0.5, 0.6) is 0 Å². The molecule has 0 saturated carbocycles. The summed E-state index contributed by atoms with van der Waals surface area (Å²) in [5.74, 6) is -0.346. The van der Waals surface area contributed by atoms with E-state index in [0.717, 1.165) is 54.1 Å². The number of esters is 1. The lowest BCUT2D eigenvalue weighted by Crippen LogP contribution is -2.39. The second-order valence-corrected chi connectivity index (χ2v) is 10.4. The molecule has 29 heavy (non-hydrogen) atoms. The maximum Gasteiger partial charge on any atom is 0.340 e. The summed E-state index contributed by atoms with van der Waals surface area (Å²) in [6.07, 6.45) is 1.24. The van der Waals surface area contributed by atoms with Gasteiger partial charge in [-0.05, 0) is 79.2 Å². The Labute approximate surface area is 177 Å². The molecule has 0 aliphatic carbocycles. The predicted octanol–water partition coefficient (Wildman–Crippen LogP) is 5.44. The number of aryl methyl sites for hydroxylation is 2. The van der Waals surface area contributed by atoms with Gasteiger partial charge in [0.2, 0.25) is 0 Å². The summed E-state index contributed by atoms with van der Waals surface area (Å²) in [5.41, 5.74) is 4.76. The second-order valence-electron chi connectivity index (χ2n) is 10.4. The molecule has 1 aromatic rings. The van der Waals surface area contributed by atoms with E-state index in [1.807, 2.05) is 48.5 Å². The van der Waals surface area contributed by atoms with Crippen LogP contribution >= 0.6 is 0 Å². The highest BCUT2D eigenvalue weighted by Gasteiger charge is 2.36. The summed E-state index contributed by atoms with van der Waals surface area (Å²) in [6.45, 7) is 22.3. The third-order valence-electron chi connectivity index (χ3n) is 5.61. The Kier molecular flexibility index (Phi) is 7.04. The van der Waals surface area contributed by atoms with E-state index in [1.165, 1.54) is 0 Å². The minimum atomic E-state index is -0.797. The van der Waals surface area contributed by atoms with Crippen molar-refractivity contribution in [3.63, 3.8) is 0 Å². The molecule has 5 heteroatoms. The third kappa shape index (κ3) is 5.94. The van der Waals surface area contributed by atoms with Crippen molar-refractivity contribution in [3.8, 4) is 0 Å². The number of rotatable bonds is 5. The van der Waals surface area contributed by atoms with Crippen LogP contribution in [0, 0.1) is 26.2 Å². The van der Waals surface area contributed by atoms with Gasteiger partial charge in [-0.1, -0.05) is 13.8 Å². The lowest BCUT2D eigenvalue weighted by molar-refractivity contribution is -0.171. The van der Waals surface area contributed by atoms with Gasteiger partial charge in [-0.2, -0.15) is 0 Å². The molecule has 0 unspecified atom stereocenters. The number of hydrogen-bond acceptors (Lipinski definition) is 5. The van der Waals surface area contributed by atoms with Crippen LogP contribution in [0.4, 0.5) is 5.69 Å². The number of nitrogens with zero attached hydrogens (tertiary/aromatic N) is 2. The van der Waals surface area contributed by atoms with Crippen molar-refractivity contribution in [2.75, 3.05) is 18.0 Å². The van der Waals surface area contributed by atoms with Crippen LogP contribution in [0.2, 0.25) is 0 Å². The van der Waals surface area contributed by atoms with Crippen LogP contribution in [-0.2, 0) is 14.3 Å². The first-order chi connectivity index (χ1) is 13.2. The zero-order valence-electron chi connectivity index (χ0n) is 20.1. The number of piperidine rings is 1. The van der Waals surface area contributed by atoms with Gasteiger partial charge in [0.25, 0.3) is 0 Å². The molecule has 2 heterocycles. The normalized spacial score (nSPS) is 18.1. The molecule has 0 amide bonds. The fraction of sp³-hybridized carbons (Fsp3) is 0.750. The average Bonchev–Trinajstić information content (AvgIpc) is 2.55. The zero-order chi connectivity index (χ0) is 22.1. The van der Waals surface area contributed by atoms with E-state index >= 15 is 0 Å². The highest BCUT2D eigenvalue weighted by Crippen LogP contribution is 2.41. The van der Waals surface area contributed by atoms with Gasteiger partial charge >= 0.3 is 5.97 Å². The summed E-state index contributed by atoms with van der Waals surface area (Å²) in [4.78, 5) is 20.3. The standard InChI is InChI=1S/C24H40N2O3/c1-15(2)28-22(27)21(29-23(6,7)8)19-18(5)25-17(4)16(3)20(19)26-13-11-24(9,10)12-14-26/h15,21H,11-14H2,1-10H3/t21-/m0/s1.